The predicted octanol–water partition coefficient (Wildman–Crippen LogP) is 5.91. The Kier molecular flexibility index (Phi) is 7.35. The van der Waals surface area contributed by atoms with E-state index in [0.29, 0.717) is 5.41 Å². The van der Waals surface area contributed by atoms with Crippen molar-refractivity contribution in [2.24, 2.45) is 23.2 Å². The summed E-state index contributed by atoms with van der Waals surface area (Å²) in [4.78, 5) is 0. The van der Waals surface area contributed by atoms with E-state index in [0.717, 1.165) is 17.8 Å². The second kappa shape index (κ2) is 7.35. The van der Waals surface area contributed by atoms with Crippen molar-refractivity contribution in [2.45, 2.75) is 80.6 Å². The van der Waals surface area contributed by atoms with E-state index < -0.39 is 0 Å². The molecule has 16 heavy (non-hydrogen) atoms. The molecule has 0 aromatic heterocycles. The minimum atomic E-state index is 0.470. The standard InChI is InChI=1S/C16H34/c1-13(2)11-9-8-10-12-14(3)15(4)16(5,6)7/h13-15H,8-12H2,1-7H3. The molecule has 0 heteroatoms. The van der Waals surface area contributed by atoms with Crippen molar-refractivity contribution in [3.8, 4) is 0 Å². The fourth-order valence-electron chi connectivity index (χ4n) is 2.30. The van der Waals surface area contributed by atoms with Crippen molar-refractivity contribution in [1.82, 2.24) is 0 Å². The largest absolute Gasteiger partial charge is 0.0628 e. The zero-order valence-corrected chi connectivity index (χ0v) is 12.8. The first-order chi connectivity index (χ1) is 7.25. The molecular formula is C16H34. The van der Waals surface area contributed by atoms with E-state index in [1.807, 2.05) is 0 Å². The predicted molar refractivity (Wildman–Crippen MR) is 75.7 cm³/mol. The fraction of sp³-hybridized carbons (Fsp3) is 1.00. The second-order valence-electron chi connectivity index (χ2n) is 7.16. The monoisotopic (exact) mass is 226 g/mol. The maximum atomic E-state index is 2.43. The lowest BCUT2D eigenvalue weighted by molar-refractivity contribution is 0.177. The van der Waals surface area contributed by atoms with Crippen LogP contribution in [0.15, 0.2) is 0 Å². The molecule has 0 bridgehead atoms. The van der Waals surface area contributed by atoms with Gasteiger partial charge in [0.25, 0.3) is 0 Å². The molecule has 0 nitrogen and oxygen atoms in total. The van der Waals surface area contributed by atoms with Crippen LogP contribution in [0.1, 0.15) is 80.6 Å². The molecule has 0 aliphatic heterocycles. The van der Waals surface area contributed by atoms with Crippen LogP contribution >= 0.6 is 0 Å². The highest BCUT2D eigenvalue weighted by Gasteiger charge is 2.24. The van der Waals surface area contributed by atoms with E-state index in [2.05, 4.69) is 48.5 Å². The summed E-state index contributed by atoms with van der Waals surface area (Å²) >= 11 is 0. The number of hydrogen-bond acceptors (Lipinski definition) is 0. The van der Waals surface area contributed by atoms with Crippen LogP contribution in [0.2, 0.25) is 0 Å². The Hall–Kier alpha value is 0. The molecule has 0 aliphatic rings. The van der Waals surface area contributed by atoms with Gasteiger partial charge in [-0.05, 0) is 23.2 Å². The third-order valence-electron chi connectivity index (χ3n) is 4.16. The van der Waals surface area contributed by atoms with Crippen molar-refractivity contribution in [3.63, 3.8) is 0 Å². The van der Waals surface area contributed by atoms with E-state index in [1.165, 1.54) is 32.1 Å². The maximum absolute atomic E-state index is 2.43. The van der Waals surface area contributed by atoms with Crippen molar-refractivity contribution in [2.75, 3.05) is 0 Å². The summed E-state index contributed by atoms with van der Waals surface area (Å²) in [7, 11) is 0. The van der Waals surface area contributed by atoms with Gasteiger partial charge in [-0.25, -0.2) is 0 Å². The van der Waals surface area contributed by atoms with E-state index in [9.17, 15) is 0 Å². The summed E-state index contributed by atoms with van der Waals surface area (Å²) in [5.41, 5.74) is 0.470. The summed E-state index contributed by atoms with van der Waals surface area (Å²) < 4.78 is 0. The van der Waals surface area contributed by atoms with Crippen molar-refractivity contribution < 1.29 is 0 Å². The van der Waals surface area contributed by atoms with Crippen LogP contribution in [-0.2, 0) is 0 Å². The van der Waals surface area contributed by atoms with Crippen LogP contribution in [0.4, 0.5) is 0 Å². The lowest BCUT2D eigenvalue weighted by Crippen LogP contribution is -2.23. The van der Waals surface area contributed by atoms with Crippen LogP contribution in [0, 0.1) is 23.2 Å². The van der Waals surface area contributed by atoms with Crippen LogP contribution in [0.3, 0.4) is 0 Å². The summed E-state index contributed by atoms with van der Waals surface area (Å²) in [5.74, 6) is 2.59. The lowest BCUT2D eigenvalue weighted by Gasteiger charge is -2.32. The minimum absolute atomic E-state index is 0.470. The van der Waals surface area contributed by atoms with Gasteiger partial charge in [-0.1, -0.05) is 80.6 Å². The Bertz CT molecular complexity index is 161. The highest BCUT2D eigenvalue weighted by Crippen LogP contribution is 2.34. The molecule has 2 unspecified atom stereocenters. The molecule has 0 aliphatic carbocycles. The second-order valence-corrected chi connectivity index (χ2v) is 7.16. The topological polar surface area (TPSA) is 0 Å². The smallest absolute Gasteiger partial charge is 0.0354 e. The van der Waals surface area contributed by atoms with Gasteiger partial charge in [-0.15, -0.1) is 0 Å². The van der Waals surface area contributed by atoms with Crippen LogP contribution in [-0.4, -0.2) is 0 Å². The Morgan fingerprint density at radius 3 is 1.69 bits per heavy atom. The zero-order valence-electron chi connectivity index (χ0n) is 12.8. The highest BCUT2D eigenvalue weighted by molar-refractivity contribution is 4.74. The molecule has 0 saturated carbocycles. The molecule has 0 spiro atoms. The Balaban J connectivity index is 3.62. The molecule has 2 atom stereocenters. The minimum Gasteiger partial charge on any atom is -0.0628 e. The molecule has 0 rings (SSSR count). The summed E-state index contributed by atoms with van der Waals surface area (Å²) in [6.45, 7) is 16.6. The molecule has 0 amide bonds. The van der Waals surface area contributed by atoms with Gasteiger partial charge in [0.2, 0.25) is 0 Å². The van der Waals surface area contributed by atoms with Gasteiger partial charge in [-0.3, -0.25) is 0 Å². The third kappa shape index (κ3) is 7.30. The zero-order chi connectivity index (χ0) is 12.8. The van der Waals surface area contributed by atoms with Gasteiger partial charge >= 0.3 is 0 Å². The van der Waals surface area contributed by atoms with E-state index >= 15 is 0 Å². The molecule has 0 heterocycles. The van der Waals surface area contributed by atoms with E-state index in [-0.39, 0.29) is 0 Å². The van der Waals surface area contributed by atoms with Gasteiger partial charge in [0, 0.05) is 0 Å². The normalized spacial score (nSPS) is 16.5. The number of hydrogen-bond donors (Lipinski definition) is 0. The molecule has 0 fully saturated rings. The maximum Gasteiger partial charge on any atom is -0.0354 e. The Labute approximate surface area is 104 Å². The first-order valence-corrected chi connectivity index (χ1v) is 7.25. The average molecular weight is 226 g/mol. The molecule has 0 aromatic carbocycles. The Morgan fingerprint density at radius 1 is 0.750 bits per heavy atom. The summed E-state index contributed by atoms with van der Waals surface area (Å²) in [5, 5.41) is 0. The Morgan fingerprint density at radius 2 is 1.25 bits per heavy atom. The van der Waals surface area contributed by atoms with Crippen molar-refractivity contribution in [3.05, 3.63) is 0 Å². The van der Waals surface area contributed by atoms with Gasteiger partial charge in [0.05, 0.1) is 0 Å². The quantitative estimate of drug-likeness (QED) is 0.473. The van der Waals surface area contributed by atoms with Gasteiger partial charge < -0.3 is 0 Å². The highest BCUT2D eigenvalue weighted by atomic mass is 14.3. The number of unbranched alkanes of at least 4 members (excludes halogenated alkanes) is 2. The number of rotatable bonds is 7. The lowest BCUT2D eigenvalue weighted by atomic mass is 9.73. The van der Waals surface area contributed by atoms with Crippen molar-refractivity contribution >= 4 is 0 Å². The molecular weight excluding hydrogens is 192 g/mol. The van der Waals surface area contributed by atoms with Gasteiger partial charge in [0.15, 0.2) is 0 Å². The molecule has 98 valence electrons. The molecule has 0 saturated heterocycles. The summed E-state index contributed by atoms with van der Waals surface area (Å²) in [6.07, 6.45) is 7.10. The van der Waals surface area contributed by atoms with Crippen molar-refractivity contribution in [1.29, 1.82) is 0 Å². The molecule has 0 N–H and O–H groups in total. The van der Waals surface area contributed by atoms with E-state index in [1.54, 1.807) is 0 Å². The molecule has 0 radical (unpaired) electrons. The van der Waals surface area contributed by atoms with Gasteiger partial charge in [0.1, 0.15) is 0 Å². The van der Waals surface area contributed by atoms with Crippen LogP contribution < -0.4 is 0 Å². The van der Waals surface area contributed by atoms with Crippen LogP contribution in [0.25, 0.3) is 0 Å². The van der Waals surface area contributed by atoms with Crippen LogP contribution in [0.5, 0.6) is 0 Å². The third-order valence-corrected chi connectivity index (χ3v) is 4.16. The van der Waals surface area contributed by atoms with Gasteiger partial charge in [-0.2, -0.15) is 0 Å². The SMILES string of the molecule is CC(C)CCCCCC(C)C(C)C(C)(C)C. The first-order valence-electron chi connectivity index (χ1n) is 7.25. The summed E-state index contributed by atoms with van der Waals surface area (Å²) in [6, 6.07) is 0. The van der Waals surface area contributed by atoms with E-state index in [4.69, 9.17) is 0 Å². The molecule has 0 aromatic rings. The fourth-order valence-corrected chi connectivity index (χ4v) is 2.30. The first kappa shape index (κ1) is 16.0. The average Bonchev–Trinajstić information content (AvgIpc) is 2.13.